The molecule has 100 valence electrons. The first-order valence-corrected chi connectivity index (χ1v) is 8.90. The Morgan fingerprint density at radius 2 is 1.41 bits per heavy atom. The van der Waals surface area contributed by atoms with Crippen molar-refractivity contribution in [2.45, 2.75) is 39.5 Å². The minimum Gasteiger partial charge on any atom is -0.119 e. The third kappa shape index (κ3) is 10.6. The second-order valence-electron chi connectivity index (χ2n) is 3.48. The zero-order valence-electron chi connectivity index (χ0n) is 10.3. The lowest BCUT2D eigenvalue weighted by Crippen LogP contribution is -1.83. The molecule has 0 aromatic rings. The predicted octanol–water partition coefficient (Wildman–Crippen LogP) is 6.78. The molecular weight excluding hydrogens is 315 g/mol. The topological polar surface area (TPSA) is 0 Å². The Hall–Kier alpha value is 1.05. The highest BCUT2D eigenvalue weighted by Crippen LogP contribution is 2.33. The normalized spacial score (nSPS) is 10.2. The van der Waals surface area contributed by atoms with E-state index in [0.717, 1.165) is 11.5 Å². The van der Waals surface area contributed by atoms with Gasteiger partial charge in [0.1, 0.15) is 4.49 Å². The second kappa shape index (κ2) is 12.1. The number of thioether (sulfide) groups is 2. The van der Waals surface area contributed by atoms with Crippen LogP contribution >= 0.6 is 58.3 Å². The van der Waals surface area contributed by atoms with Crippen LogP contribution in [0.2, 0.25) is 0 Å². The van der Waals surface area contributed by atoms with E-state index in [0.29, 0.717) is 5.03 Å². The molecule has 0 aromatic carbocycles. The Kier molecular flexibility index (Phi) is 12.9. The molecule has 5 heteroatoms. The van der Waals surface area contributed by atoms with Crippen LogP contribution in [0.15, 0.2) is 19.8 Å². The number of unbranched alkanes of at least 4 members (excludes halogenated alkanes) is 2. The Morgan fingerprint density at radius 3 is 1.76 bits per heavy atom. The van der Waals surface area contributed by atoms with Gasteiger partial charge in [0.05, 0.1) is 5.03 Å². The van der Waals surface area contributed by atoms with Crippen molar-refractivity contribution in [1.29, 1.82) is 0 Å². The molecule has 0 atom stereocenters. The van der Waals surface area contributed by atoms with Crippen LogP contribution in [0.5, 0.6) is 0 Å². The summed E-state index contributed by atoms with van der Waals surface area (Å²) in [6.07, 6.45) is 6.72. The summed E-state index contributed by atoms with van der Waals surface area (Å²) >= 11 is 20.9. The van der Waals surface area contributed by atoms with Crippen LogP contribution in [0, 0.1) is 0 Å². The summed E-state index contributed by atoms with van der Waals surface area (Å²) in [5.74, 6) is 2.23. The van der Waals surface area contributed by atoms with Gasteiger partial charge in [-0.2, -0.15) is 0 Å². The average Bonchev–Trinajstić information content (AvgIpc) is 2.29. The molecule has 0 saturated heterocycles. The van der Waals surface area contributed by atoms with Gasteiger partial charge in [0.25, 0.3) is 0 Å². The fourth-order valence-electron chi connectivity index (χ4n) is 0.917. The molecule has 0 unspecified atom stereocenters. The summed E-state index contributed by atoms with van der Waals surface area (Å²) in [7, 11) is 0. The van der Waals surface area contributed by atoms with Crippen LogP contribution in [0.1, 0.15) is 39.5 Å². The summed E-state index contributed by atoms with van der Waals surface area (Å²) in [5, 5.41) is 0.427. The van der Waals surface area contributed by atoms with Gasteiger partial charge in [-0.05, 0) is 30.4 Å². The summed E-state index contributed by atoms with van der Waals surface area (Å²) in [6.45, 7) is 4.38. The molecule has 0 heterocycles. The number of hydrogen-bond acceptors (Lipinski definition) is 2. The zero-order valence-corrected chi connectivity index (χ0v) is 14.2. The fraction of sp³-hybridized carbons (Fsp3) is 0.667. The van der Waals surface area contributed by atoms with E-state index in [2.05, 4.69) is 13.8 Å². The number of halogens is 3. The Balaban J connectivity index is 4.33. The summed E-state index contributed by atoms with van der Waals surface area (Å²) < 4.78 is 1.34. The predicted molar refractivity (Wildman–Crippen MR) is 87.4 cm³/mol. The van der Waals surface area contributed by atoms with Crippen LogP contribution in [-0.2, 0) is 0 Å². The van der Waals surface area contributed by atoms with Crippen molar-refractivity contribution >= 4 is 58.3 Å². The largest absolute Gasteiger partial charge is 0.125 e. The van der Waals surface area contributed by atoms with E-state index >= 15 is 0 Å². The zero-order chi connectivity index (χ0) is 13.1. The third-order valence-electron chi connectivity index (χ3n) is 1.91. The van der Waals surface area contributed by atoms with Crippen molar-refractivity contribution in [3.05, 3.63) is 19.8 Å². The van der Waals surface area contributed by atoms with Gasteiger partial charge in [-0.1, -0.05) is 61.5 Å². The maximum absolute atomic E-state index is 5.95. The lowest BCUT2D eigenvalue weighted by molar-refractivity contribution is 0.896. The first kappa shape index (κ1) is 18.0. The van der Waals surface area contributed by atoms with E-state index in [1.165, 1.54) is 29.9 Å². The summed E-state index contributed by atoms with van der Waals surface area (Å²) in [5.41, 5.74) is 0. The van der Waals surface area contributed by atoms with Gasteiger partial charge in [-0.15, -0.1) is 23.5 Å². The van der Waals surface area contributed by atoms with Crippen molar-refractivity contribution in [2.24, 2.45) is 0 Å². The van der Waals surface area contributed by atoms with Crippen LogP contribution in [0.3, 0.4) is 0 Å². The van der Waals surface area contributed by atoms with Crippen LogP contribution < -0.4 is 0 Å². The number of allylic oxidation sites excluding steroid dienone is 2. The standard InChI is InChI=1S/C12H19Cl3S2/c1-3-5-7-16-11(17-8-6-4-2)9-10(13)12(14)15/h9H,3-8H2,1-2H3. The minimum atomic E-state index is 0.136. The van der Waals surface area contributed by atoms with Crippen LogP contribution in [-0.4, -0.2) is 11.5 Å². The first-order chi connectivity index (χ1) is 8.11. The molecule has 0 saturated carbocycles. The Morgan fingerprint density at radius 1 is 0.941 bits per heavy atom. The van der Waals surface area contributed by atoms with Gasteiger partial charge in [-0.25, -0.2) is 0 Å². The Labute approximate surface area is 129 Å². The molecule has 0 bridgehead atoms. The van der Waals surface area contributed by atoms with E-state index in [1.807, 2.05) is 29.6 Å². The smallest absolute Gasteiger partial charge is 0.119 e. The van der Waals surface area contributed by atoms with Crippen molar-refractivity contribution in [3.63, 3.8) is 0 Å². The molecule has 0 rings (SSSR count). The van der Waals surface area contributed by atoms with Crippen LogP contribution in [0.25, 0.3) is 0 Å². The molecular formula is C12H19Cl3S2. The van der Waals surface area contributed by atoms with E-state index in [1.54, 1.807) is 0 Å². The molecule has 0 amide bonds. The third-order valence-corrected chi connectivity index (χ3v) is 5.31. The highest BCUT2D eigenvalue weighted by atomic mass is 35.5. The molecule has 0 aliphatic heterocycles. The van der Waals surface area contributed by atoms with E-state index < -0.39 is 0 Å². The second-order valence-corrected chi connectivity index (χ2v) is 7.36. The number of hydrogen-bond donors (Lipinski definition) is 0. The van der Waals surface area contributed by atoms with E-state index in [9.17, 15) is 0 Å². The lowest BCUT2D eigenvalue weighted by Gasteiger charge is -2.06. The molecule has 0 nitrogen and oxygen atoms in total. The van der Waals surface area contributed by atoms with Gasteiger partial charge < -0.3 is 0 Å². The van der Waals surface area contributed by atoms with Crippen LogP contribution in [0.4, 0.5) is 0 Å². The van der Waals surface area contributed by atoms with Gasteiger partial charge >= 0.3 is 0 Å². The maximum atomic E-state index is 5.95. The first-order valence-electron chi connectivity index (χ1n) is 5.79. The monoisotopic (exact) mass is 332 g/mol. The van der Waals surface area contributed by atoms with E-state index in [4.69, 9.17) is 34.8 Å². The highest BCUT2D eigenvalue weighted by molar-refractivity contribution is 8.22. The van der Waals surface area contributed by atoms with Crippen molar-refractivity contribution < 1.29 is 0 Å². The van der Waals surface area contributed by atoms with Crippen molar-refractivity contribution in [1.82, 2.24) is 0 Å². The van der Waals surface area contributed by atoms with Gasteiger partial charge in [0.2, 0.25) is 0 Å². The molecule has 17 heavy (non-hydrogen) atoms. The van der Waals surface area contributed by atoms with Gasteiger partial charge in [-0.3, -0.25) is 0 Å². The highest BCUT2D eigenvalue weighted by Gasteiger charge is 2.03. The molecule has 0 aromatic heterocycles. The maximum Gasteiger partial charge on any atom is 0.125 e. The lowest BCUT2D eigenvalue weighted by atomic mass is 10.4. The van der Waals surface area contributed by atoms with Crippen molar-refractivity contribution in [2.75, 3.05) is 11.5 Å². The fourth-order valence-corrected chi connectivity index (χ4v) is 3.77. The molecule has 0 N–H and O–H groups in total. The molecule has 0 aliphatic rings. The SMILES string of the molecule is CCCCSC(=CC(Cl)=C(Cl)Cl)SCCCC. The van der Waals surface area contributed by atoms with Crippen molar-refractivity contribution in [3.8, 4) is 0 Å². The number of rotatable bonds is 9. The molecule has 0 fully saturated rings. The Bertz CT molecular complexity index is 246. The quantitative estimate of drug-likeness (QED) is 0.337. The molecule has 0 aliphatic carbocycles. The summed E-state index contributed by atoms with van der Waals surface area (Å²) in [6, 6.07) is 0. The van der Waals surface area contributed by atoms with E-state index in [-0.39, 0.29) is 4.49 Å². The average molecular weight is 334 g/mol. The summed E-state index contributed by atoms with van der Waals surface area (Å²) in [4.78, 5) is 0. The molecule has 0 spiro atoms. The van der Waals surface area contributed by atoms with Gasteiger partial charge in [0, 0.05) is 4.24 Å². The molecule has 0 radical (unpaired) electrons. The minimum absolute atomic E-state index is 0.136. The van der Waals surface area contributed by atoms with Gasteiger partial charge in [0.15, 0.2) is 0 Å².